The van der Waals surface area contributed by atoms with E-state index < -0.39 is 6.10 Å². The van der Waals surface area contributed by atoms with E-state index in [1.807, 2.05) is 24.3 Å². The summed E-state index contributed by atoms with van der Waals surface area (Å²) in [5.74, 6) is 0.636. The fourth-order valence-electron chi connectivity index (χ4n) is 1.14. The third kappa shape index (κ3) is 2.24. The van der Waals surface area contributed by atoms with Crippen LogP contribution in [-0.4, -0.2) is 15.3 Å². The second-order valence-electron chi connectivity index (χ2n) is 3.13. The van der Waals surface area contributed by atoms with Crippen molar-refractivity contribution in [1.29, 1.82) is 0 Å². The molecule has 0 aliphatic heterocycles. The number of aliphatic hydroxyl groups is 1. The summed E-state index contributed by atoms with van der Waals surface area (Å²) in [5.41, 5.74) is 0.823. The predicted molar refractivity (Wildman–Crippen MR) is 58.1 cm³/mol. The van der Waals surface area contributed by atoms with E-state index in [0.29, 0.717) is 5.89 Å². The Morgan fingerprint density at radius 3 is 2.80 bits per heavy atom. The highest BCUT2D eigenvalue weighted by Crippen LogP contribution is 2.23. The number of hydrogen-bond donors (Lipinski definition) is 1. The van der Waals surface area contributed by atoms with Gasteiger partial charge in [0.1, 0.15) is 6.10 Å². The molecule has 0 saturated carbocycles. The molecule has 0 saturated heterocycles. The van der Waals surface area contributed by atoms with Gasteiger partial charge in [0.25, 0.3) is 0 Å². The second-order valence-corrected chi connectivity index (χ2v) is 4.05. The minimum Gasteiger partial charge on any atom is -0.418 e. The second kappa shape index (κ2) is 4.12. The first-order valence-electron chi connectivity index (χ1n) is 4.44. The average molecular weight is 269 g/mol. The van der Waals surface area contributed by atoms with Crippen molar-refractivity contribution < 1.29 is 9.52 Å². The Morgan fingerprint density at radius 1 is 1.40 bits per heavy atom. The minimum atomic E-state index is -0.738. The van der Waals surface area contributed by atoms with Gasteiger partial charge in [0, 0.05) is 10.0 Å². The van der Waals surface area contributed by atoms with Crippen molar-refractivity contribution in [3.8, 4) is 11.5 Å². The molecule has 0 fully saturated rings. The van der Waals surface area contributed by atoms with Crippen molar-refractivity contribution in [3.05, 3.63) is 34.6 Å². The van der Waals surface area contributed by atoms with Crippen LogP contribution < -0.4 is 0 Å². The van der Waals surface area contributed by atoms with E-state index in [9.17, 15) is 5.11 Å². The quantitative estimate of drug-likeness (QED) is 0.910. The van der Waals surface area contributed by atoms with Crippen LogP contribution in [0.5, 0.6) is 0 Å². The highest BCUT2D eigenvalue weighted by molar-refractivity contribution is 9.10. The monoisotopic (exact) mass is 268 g/mol. The maximum atomic E-state index is 9.23. The standard InChI is InChI=1S/C10H9BrN2O2/c1-6(14)9-12-13-10(15-9)7-3-2-4-8(11)5-7/h2-6,14H,1H3. The lowest BCUT2D eigenvalue weighted by atomic mass is 10.2. The third-order valence-corrected chi connectivity index (χ3v) is 2.36. The number of aromatic nitrogens is 2. The zero-order valence-corrected chi connectivity index (χ0v) is 9.60. The molecule has 15 heavy (non-hydrogen) atoms. The number of benzene rings is 1. The van der Waals surface area contributed by atoms with Gasteiger partial charge in [0.15, 0.2) is 0 Å². The van der Waals surface area contributed by atoms with Crippen molar-refractivity contribution in [2.75, 3.05) is 0 Å². The molecule has 4 nitrogen and oxygen atoms in total. The normalized spacial score (nSPS) is 12.7. The van der Waals surface area contributed by atoms with Gasteiger partial charge in [0.2, 0.25) is 11.8 Å². The zero-order chi connectivity index (χ0) is 10.8. The van der Waals surface area contributed by atoms with Gasteiger partial charge in [-0.15, -0.1) is 10.2 Å². The van der Waals surface area contributed by atoms with Gasteiger partial charge >= 0.3 is 0 Å². The van der Waals surface area contributed by atoms with Crippen molar-refractivity contribution >= 4 is 15.9 Å². The number of hydrogen-bond acceptors (Lipinski definition) is 4. The molecular formula is C10H9BrN2O2. The summed E-state index contributed by atoms with van der Waals surface area (Å²) in [6.07, 6.45) is -0.738. The van der Waals surface area contributed by atoms with E-state index in [1.54, 1.807) is 6.92 Å². The number of nitrogens with zero attached hydrogens (tertiary/aromatic N) is 2. The average Bonchev–Trinajstić information content (AvgIpc) is 2.66. The summed E-state index contributed by atoms with van der Waals surface area (Å²) in [4.78, 5) is 0. The van der Waals surface area contributed by atoms with Crippen LogP contribution in [0.2, 0.25) is 0 Å². The summed E-state index contributed by atoms with van der Waals surface area (Å²) in [5, 5.41) is 16.8. The van der Waals surface area contributed by atoms with Gasteiger partial charge in [-0.05, 0) is 25.1 Å². The Kier molecular flexibility index (Phi) is 2.83. The van der Waals surface area contributed by atoms with Gasteiger partial charge < -0.3 is 9.52 Å². The molecule has 1 atom stereocenters. The molecule has 0 radical (unpaired) electrons. The molecule has 0 bridgehead atoms. The topological polar surface area (TPSA) is 59.2 Å². The van der Waals surface area contributed by atoms with Gasteiger partial charge in [-0.25, -0.2) is 0 Å². The Balaban J connectivity index is 2.37. The fraction of sp³-hybridized carbons (Fsp3) is 0.200. The van der Waals surface area contributed by atoms with E-state index in [-0.39, 0.29) is 5.89 Å². The highest BCUT2D eigenvalue weighted by Gasteiger charge is 2.12. The number of aliphatic hydroxyl groups excluding tert-OH is 1. The number of halogens is 1. The van der Waals surface area contributed by atoms with Crippen LogP contribution in [0, 0.1) is 0 Å². The van der Waals surface area contributed by atoms with Gasteiger partial charge in [0.05, 0.1) is 0 Å². The van der Waals surface area contributed by atoms with Crippen molar-refractivity contribution in [2.45, 2.75) is 13.0 Å². The Morgan fingerprint density at radius 2 is 2.20 bits per heavy atom. The summed E-state index contributed by atoms with van der Waals surface area (Å²) in [6.45, 7) is 1.58. The first-order valence-corrected chi connectivity index (χ1v) is 5.23. The Hall–Kier alpha value is -1.20. The molecule has 0 aliphatic carbocycles. The Labute approximate surface area is 95.1 Å². The molecule has 78 valence electrons. The van der Waals surface area contributed by atoms with E-state index >= 15 is 0 Å². The van der Waals surface area contributed by atoms with Crippen LogP contribution >= 0.6 is 15.9 Å². The lowest BCUT2D eigenvalue weighted by molar-refractivity contribution is 0.163. The fourth-order valence-corrected chi connectivity index (χ4v) is 1.54. The largest absolute Gasteiger partial charge is 0.418 e. The molecule has 1 heterocycles. The van der Waals surface area contributed by atoms with E-state index in [2.05, 4.69) is 26.1 Å². The van der Waals surface area contributed by atoms with Crippen LogP contribution in [0.3, 0.4) is 0 Å². The molecule has 1 N–H and O–H groups in total. The summed E-state index contributed by atoms with van der Waals surface area (Å²) < 4.78 is 6.23. The molecule has 0 spiro atoms. The highest BCUT2D eigenvalue weighted by atomic mass is 79.9. The summed E-state index contributed by atoms with van der Waals surface area (Å²) in [7, 11) is 0. The van der Waals surface area contributed by atoms with E-state index in [0.717, 1.165) is 10.0 Å². The molecule has 2 aromatic rings. The first kappa shape index (κ1) is 10.3. The third-order valence-electron chi connectivity index (χ3n) is 1.87. The molecule has 1 aromatic carbocycles. The van der Waals surface area contributed by atoms with Gasteiger partial charge in [-0.2, -0.15) is 0 Å². The van der Waals surface area contributed by atoms with Crippen molar-refractivity contribution in [3.63, 3.8) is 0 Å². The SMILES string of the molecule is CC(O)c1nnc(-c2cccc(Br)c2)o1. The summed E-state index contributed by atoms with van der Waals surface area (Å²) >= 11 is 3.36. The molecule has 1 unspecified atom stereocenters. The van der Waals surface area contributed by atoms with E-state index in [4.69, 9.17) is 4.42 Å². The molecule has 0 amide bonds. The van der Waals surface area contributed by atoms with Crippen LogP contribution in [0.1, 0.15) is 18.9 Å². The first-order chi connectivity index (χ1) is 7.16. The van der Waals surface area contributed by atoms with Crippen LogP contribution in [0.4, 0.5) is 0 Å². The molecule has 0 aliphatic rings. The smallest absolute Gasteiger partial charge is 0.247 e. The Bertz CT molecular complexity index is 468. The van der Waals surface area contributed by atoms with Crippen LogP contribution in [-0.2, 0) is 0 Å². The van der Waals surface area contributed by atoms with Crippen LogP contribution in [0.25, 0.3) is 11.5 Å². The lowest BCUT2D eigenvalue weighted by Crippen LogP contribution is -1.89. The lowest BCUT2D eigenvalue weighted by Gasteiger charge is -1.96. The van der Waals surface area contributed by atoms with Crippen molar-refractivity contribution in [2.24, 2.45) is 0 Å². The molecule has 1 aromatic heterocycles. The van der Waals surface area contributed by atoms with Crippen molar-refractivity contribution in [1.82, 2.24) is 10.2 Å². The van der Waals surface area contributed by atoms with Crippen LogP contribution in [0.15, 0.2) is 33.2 Å². The van der Waals surface area contributed by atoms with Gasteiger partial charge in [-0.1, -0.05) is 22.0 Å². The molecule has 2 rings (SSSR count). The molecular weight excluding hydrogens is 260 g/mol. The maximum Gasteiger partial charge on any atom is 0.247 e. The number of rotatable bonds is 2. The summed E-state index contributed by atoms with van der Waals surface area (Å²) in [6, 6.07) is 7.53. The van der Waals surface area contributed by atoms with Gasteiger partial charge in [-0.3, -0.25) is 0 Å². The van der Waals surface area contributed by atoms with E-state index in [1.165, 1.54) is 0 Å². The molecule has 5 heteroatoms. The predicted octanol–water partition coefficient (Wildman–Crippen LogP) is 2.55. The minimum absolute atomic E-state index is 0.227. The zero-order valence-electron chi connectivity index (χ0n) is 8.01. The maximum absolute atomic E-state index is 9.23.